The van der Waals surface area contributed by atoms with Gasteiger partial charge in [0.1, 0.15) is 0 Å². The zero-order valence-electron chi connectivity index (χ0n) is 8.89. The molecular formula is C11H18N2O. The topological polar surface area (TPSA) is 58.9 Å². The number of aromatic amines is 1. The lowest BCUT2D eigenvalue weighted by molar-refractivity contribution is 0.837. The van der Waals surface area contributed by atoms with Crippen LogP contribution in [0.15, 0.2) is 10.9 Å². The summed E-state index contributed by atoms with van der Waals surface area (Å²) in [5, 5.41) is 0. The van der Waals surface area contributed by atoms with Gasteiger partial charge in [-0.15, -0.1) is 0 Å². The predicted octanol–water partition coefficient (Wildman–Crippen LogP) is 1.35. The van der Waals surface area contributed by atoms with E-state index < -0.39 is 0 Å². The number of nitrogens with one attached hydrogen (secondary N) is 1. The van der Waals surface area contributed by atoms with Crippen LogP contribution in [0, 0.1) is 0 Å². The first kappa shape index (κ1) is 11.0. The Morgan fingerprint density at radius 1 is 1.36 bits per heavy atom. The summed E-state index contributed by atoms with van der Waals surface area (Å²) >= 11 is 0. The molecule has 0 spiro atoms. The first-order chi connectivity index (χ1) is 6.72. The zero-order chi connectivity index (χ0) is 10.6. The Labute approximate surface area is 84.3 Å². The van der Waals surface area contributed by atoms with Crippen molar-refractivity contribution in [2.45, 2.75) is 39.7 Å². The first-order valence-electron chi connectivity index (χ1n) is 5.16. The van der Waals surface area contributed by atoms with E-state index >= 15 is 0 Å². The van der Waals surface area contributed by atoms with Crippen LogP contribution in [0.2, 0.25) is 0 Å². The number of hydrogen-bond donors (Lipinski definition) is 2. The van der Waals surface area contributed by atoms with Crippen LogP contribution >= 0.6 is 0 Å². The summed E-state index contributed by atoms with van der Waals surface area (Å²) in [4.78, 5) is 14.4. The number of hydrogen-bond acceptors (Lipinski definition) is 2. The van der Waals surface area contributed by atoms with Gasteiger partial charge in [0, 0.05) is 17.8 Å². The Hall–Kier alpha value is -1.09. The van der Waals surface area contributed by atoms with Crippen LogP contribution in [-0.2, 0) is 19.4 Å². The SMILES string of the molecule is CCCc1[nH]c(=O)c(CN)cc1CC. The highest BCUT2D eigenvalue weighted by atomic mass is 16.1. The summed E-state index contributed by atoms with van der Waals surface area (Å²) in [7, 11) is 0. The third kappa shape index (κ3) is 2.23. The zero-order valence-corrected chi connectivity index (χ0v) is 8.89. The summed E-state index contributed by atoms with van der Waals surface area (Å²) in [6, 6.07) is 1.93. The van der Waals surface area contributed by atoms with Gasteiger partial charge in [-0.2, -0.15) is 0 Å². The minimum Gasteiger partial charge on any atom is -0.326 e. The fourth-order valence-electron chi connectivity index (χ4n) is 1.60. The van der Waals surface area contributed by atoms with Crippen LogP contribution in [0.4, 0.5) is 0 Å². The highest BCUT2D eigenvalue weighted by molar-refractivity contribution is 5.25. The maximum absolute atomic E-state index is 11.5. The van der Waals surface area contributed by atoms with Gasteiger partial charge in [0.05, 0.1) is 0 Å². The van der Waals surface area contributed by atoms with E-state index in [1.807, 2.05) is 6.07 Å². The second-order valence-corrected chi connectivity index (χ2v) is 3.44. The first-order valence-corrected chi connectivity index (χ1v) is 5.16. The third-order valence-corrected chi connectivity index (χ3v) is 2.39. The molecule has 0 bridgehead atoms. The van der Waals surface area contributed by atoms with E-state index in [1.165, 1.54) is 5.56 Å². The van der Waals surface area contributed by atoms with Crippen molar-refractivity contribution in [3.05, 3.63) is 33.2 Å². The lowest BCUT2D eigenvalue weighted by atomic mass is 10.1. The molecule has 0 atom stereocenters. The molecule has 0 saturated carbocycles. The maximum Gasteiger partial charge on any atom is 0.252 e. The molecule has 14 heavy (non-hydrogen) atoms. The van der Waals surface area contributed by atoms with E-state index in [-0.39, 0.29) is 5.56 Å². The van der Waals surface area contributed by atoms with Crippen molar-refractivity contribution < 1.29 is 0 Å². The smallest absolute Gasteiger partial charge is 0.252 e. The largest absolute Gasteiger partial charge is 0.326 e. The molecule has 0 aromatic carbocycles. The molecule has 0 radical (unpaired) electrons. The van der Waals surface area contributed by atoms with E-state index in [0.717, 1.165) is 25.0 Å². The molecule has 3 N–H and O–H groups in total. The molecule has 0 aliphatic heterocycles. The fraction of sp³-hybridized carbons (Fsp3) is 0.545. The average Bonchev–Trinajstić information content (AvgIpc) is 2.19. The fourth-order valence-corrected chi connectivity index (χ4v) is 1.60. The Morgan fingerprint density at radius 3 is 2.57 bits per heavy atom. The number of H-pyrrole nitrogens is 1. The standard InChI is InChI=1S/C11H18N2O/c1-3-5-10-8(4-2)6-9(7-12)11(14)13-10/h6H,3-5,7,12H2,1-2H3,(H,13,14). The molecular weight excluding hydrogens is 176 g/mol. The van der Waals surface area contributed by atoms with Crippen LogP contribution in [0.25, 0.3) is 0 Å². The van der Waals surface area contributed by atoms with Gasteiger partial charge < -0.3 is 10.7 Å². The van der Waals surface area contributed by atoms with E-state index in [0.29, 0.717) is 12.1 Å². The number of aromatic nitrogens is 1. The lowest BCUT2D eigenvalue weighted by Gasteiger charge is -2.08. The number of rotatable bonds is 4. The van der Waals surface area contributed by atoms with Gasteiger partial charge >= 0.3 is 0 Å². The quantitative estimate of drug-likeness (QED) is 0.760. The Bertz CT molecular complexity index is 355. The van der Waals surface area contributed by atoms with E-state index in [9.17, 15) is 4.79 Å². The molecule has 0 unspecified atom stereocenters. The van der Waals surface area contributed by atoms with Crippen molar-refractivity contribution in [2.75, 3.05) is 0 Å². The van der Waals surface area contributed by atoms with E-state index in [1.54, 1.807) is 0 Å². The summed E-state index contributed by atoms with van der Waals surface area (Å²) < 4.78 is 0. The lowest BCUT2D eigenvalue weighted by Crippen LogP contribution is -2.19. The third-order valence-electron chi connectivity index (χ3n) is 2.39. The molecule has 1 aromatic rings. The van der Waals surface area contributed by atoms with Gasteiger partial charge in [0.15, 0.2) is 0 Å². The molecule has 1 heterocycles. The van der Waals surface area contributed by atoms with Crippen LogP contribution in [-0.4, -0.2) is 4.98 Å². The molecule has 3 heteroatoms. The summed E-state index contributed by atoms with van der Waals surface area (Å²) in [5.74, 6) is 0. The van der Waals surface area contributed by atoms with Gasteiger partial charge in [0.25, 0.3) is 5.56 Å². The minimum atomic E-state index is -0.0341. The summed E-state index contributed by atoms with van der Waals surface area (Å²) in [6.07, 6.45) is 2.92. The monoisotopic (exact) mass is 194 g/mol. The maximum atomic E-state index is 11.5. The Morgan fingerprint density at radius 2 is 2.07 bits per heavy atom. The van der Waals surface area contributed by atoms with Gasteiger partial charge in [-0.1, -0.05) is 20.3 Å². The van der Waals surface area contributed by atoms with Crippen molar-refractivity contribution in [1.29, 1.82) is 0 Å². The van der Waals surface area contributed by atoms with Crippen molar-refractivity contribution in [1.82, 2.24) is 4.98 Å². The molecule has 0 aliphatic carbocycles. The average molecular weight is 194 g/mol. The van der Waals surface area contributed by atoms with E-state index in [2.05, 4.69) is 18.8 Å². The highest BCUT2D eigenvalue weighted by Gasteiger charge is 2.05. The summed E-state index contributed by atoms with van der Waals surface area (Å²) in [6.45, 7) is 4.51. The van der Waals surface area contributed by atoms with Crippen LogP contribution in [0.5, 0.6) is 0 Å². The van der Waals surface area contributed by atoms with Gasteiger partial charge in [-0.3, -0.25) is 4.79 Å². The van der Waals surface area contributed by atoms with Gasteiger partial charge in [-0.25, -0.2) is 0 Å². The minimum absolute atomic E-state index is 0.0341. The van der Waals surface area contributed by atoms with Crippen molar-refractivity contribution >= 4 is 0 Å². The van der Waals surface area contributed by atoms with Crippen molar-refractivity contribution in [3.8, 4) is 0 Å². The normalized spacial score (nSPS) is 10.5. The Balaban J connectivity index is 3.17. The molecule has 0 fully saturated rings. The molecule has 0 aliphatic rings. The summed E-state index contributed by atoms with van der Waals surface area (Å²) in [5.41, 5.74) is 8.41. The molecule has 1 aromatic heterocycles. The number of nitrogens with two attached hydrogens (primary N) is 1. The molecule has 0 saturated heterocycles. The second kappa shape index (κ2) is 4.96. The number of pyridine rings is 1. The van der Waals surface area contributed by atoms with Crippen LogP contribution < -0.4 is 11.3 Å². The van der Waals surface area contributed by atoms with Crippen LogP contribution in [0.3, 0.4) is 0 Å². The van der Waals surface area contributed by atoms with Crippen molar-refractivity contribution in [3.63, 3.8) is 0 Å². The van der Waals surface area contributed by atoms with Crippen molar-refractivity contribution in [2.24, 2.45) is 5.73 Å². The van der Waals surface area contributed by atoms with Gasteiger partial charge in [-0.05, 0) is 24.5 Å². The molecule has 78 valence electrons. The van der Waals surface area contributed by atoms with Gasteiger partial charge in [0.2, 0.25) is 0 Å². The predicted molar refractivity (Wildman–Crippen MR) is 58.3 cm³/mol. The second-order valence-electron chi connectivity index (χ2n) is 3.44. The highest BCUT2D eigenvalue weighted by Crippen LogP contribution is 2.08. The number of aryl methyl sites for hydroxylation is 2. The Kier molecular flexibility index (Phi) is 3.89. The molecule has 3 nitrogen and oxygen atoms in total. The molecule has 1 rings (SSSR count). The van der Waals surface area contributed by atoms with E-state index in [4.69, 9.17) is 5.73 Å². The van der Waals surface area contributed by atoms with Crippen LogP contribution in [0.1, 0.15) is 37.1 Å². The molecule has 0 amide bonds.